The Bertz CT molecular complexity index is 771. The monoisotopic (exact) mass is 370 g/mol. The molecule has 0 heterocycles. The zero-order chi connectivity index (χ0) is 17.7. The van der Waals surface area contributed by atoms with Crippen molar-refractivity contribution in [3.8, 4) is 5.75 Å². The Labute approximate surface area is 147 Å². The first-order valence-corrected chi connectivity index (χ1v) is 7.60. The van der Waals surface area contributed by atoms with Crippen molar-refractivity contribution in [1.82, 2.24) is 10.9 Å². The SMILES string of the molecule is CC(Oc1ccc(Cl)cc1Cl)C(=O)NNC(=O)c1ccccc1F. The standard InChI is InChI=1S/C16H13Cl2FN2O3/c1-9(24-14-7-6-10(17)8-12(14)18)15(22)20-21-16(23)11-4-2-3-5-13(11)19/h2-9H,1H3,(H,20,22)(H,21,23). The van der Waals surface area contributed by atoms with E-state index >= 15 is 0 Å². The molecule has 8 heteroatoms. The molecule has 0 spiro atoms. The maximum Gasteiger partial charge on any atom is 0.279 e. The van der Waals surface area contributed by atoms with E-state index in [1.807, 2.05) is 0 Å². The lowest BCUT2D eigenvalue weighted by Crippen LogP contribution is -2.47. The number of carbonyl (C=O) groups excluding carboxylic acids is 2. The topological polar surface area (TPSA) is 67.4 Å². The zero-order valence-corrected chi connectivity index (χ0v) is 14.0. The molecule has 0 aromatic heterocycles. The lowest BCUT2D eigenvalue weighted by Gasteiger charge is -2.16. The Morgan fingerprint density at radius 1 is 1.12 bits per heavy atom. The van der Waals surface area contributed by atoms with E-state index < -0.39 is 23.7 Å². The molecule has 5 nitrogen and oxygen atoms in total. The van der Waals surface area contributed by atoms with E-state index in [4.69, 9.17) is 27.9 Å². The first-order chi connectivity index (χ1) is 11.4. The molecule has 0 fully saturated rings. The minimum absolute atomic E-state index is 0.188. The van der Waals surface area contributed by atoms with Crippen LogP contribution in [-0.4, -0.2) is 17.9 Å². The fourth-order valence-corrected chi connectivity index (χ4v) is 2.20. The minimum atomic E-state index is -0.954. The predicted molar refractivity (Wildman–Crippen MR) is 88.6 cm³/mol. The number of hydrogen-bond donors (Lipinski definition) is 2. The second kappa shape index (κ2) is 7.99. The molecule has 0 saturated heterocycles. The highest BCUT2D eigenvalue weighted by atomic mass is 35.5. The summed E-state index contributed by atoms with van der Waals surface area (Å²) < 4.78 is 18.9. The largest absolute Gasteiger partial charge is 0.479 e. The number of benzene rings is 2. The van der Waals surface area contributed by atoms with E-state index in [2.05, 4.69) is 10.9 Å². The van der Waals surface area contributed by atoms with Crippen molar-refractivity contribution in [2.45, 2.75) is 13.0 Å². The molecule has 2 aromatic carbocycles. The average molecular weight is 371 g/mol. The fourth-order valence-electron chi connectivity index (χ4n) is 1.75. The van der Waals surface area contributed by atoms with Gasteiger partial charge in [0.25, 0.3) is 11.8 Å². The number of hydrazine groups is 1. The summed E-state index contributed by atoms with van der Waals surface area (Å²) in [4.78, 5) is 23.7. The number of halogens is 3. The summed E-state index contributed by atoms with van der Waals surface area (Å²) in [5.41, 5.74) is 4.09. The van der Waals surface area contributed by atoms with Crippen LogP contribution in [0.25, 0.3) is 0 Å². The first-order valence-electron chi connectivity index (χ1n) is 6.85. The second-order valence-electron chi connectivity index (χ2n) is 4.76. The number of rotatable bonds is 4. The van der Waals surface area contributed by atoms with Gasteiger partial charge in [-0.1, -0.05) is 35.3 Å². The summed E-state index contributed by atoms with van der Waals surface area (Å²) in [5, 5.41) is 0.680. The fraction of sp³-hybridized carbons (Fsp3) is 0.125. The maximum absolute atomic E-state index is 13.5. The van der Waals surface area contributed by atoms with Gasteiger partial charge in [-0.25, -0.2) is 4.39 Å². The van der Waals surface area contributed by atoms with Crippen LogP contribution in [0.5, 0.6) is 5.75 Å². The van der Waals surface area contributed by atoms with Gasteiger partial charge in [0.1, 0.15) is 11.6 Å². The minimum Gasteiger partial charge on any atom is -0.479 e. The highest BCUT2D eigenvalue weighted by Crippen LogP contribution is 2.28. The molecule has 126 valence electrons. The van der Waals surface area contributed by atoms with Gasteiger partial charge in [0, 0.05) is 5.02 Å². The summed E-state index contributed by atoms with van der Waals surface area (Å²) in [6.07, 6.45) is -0.954. The summed E-state index contributed by atoms with van der Waals surface area (Å²) in [6, 6.07) is 9.96. The Balaban J connectivity index is 1.92. The number of ether oxygens (including phenoxy) is 1. The molecule has 0 radical (unpaired) electrons. The lowest BCUT2D eigenvalue weighted by atomic mass is 10.2. The van der Waals surface area contributed by atoms with Crippen LogP contribution in [0.15, 0.2) is 42.5 Å². The van der Waals surface area contributed by atoms with Gasteiger partial charge in [-0.3, -0.25) is 20.4 Å². The quantitative estimate of drug-likeness (QED) is 0.810. The Morgan fingerprint density at radius 3 is 2.50 bits per heavy atom. The highest BCUT2D eigenvalue weighted by molar-refractivity contribution is 6.35. The smallest absolute Gasteiger partial charge is 0.279 e. The molecule has 2 aromatic rings. The number of carbonyl (C=O) groups is 2. The Kier molecular flexibility index (Phi) is 6.00. The summed E-state index contributed by atoms with van der Waals surface area (Å²) in [5.74, 6) is -1.84. The number of nitrogens with one attached hydrogen (secondary N) is 2. The lowest BCUT2D eigenvalue weighted by molar-refractivity contribution is -0.128. The molecule has 1 atom stereocenters. The van der Waals surface area contributed by atoms with E-state index in [-0.39, 0.29) is 16.3 Å². The van der Waals surface area contributed by atoms with E-state index in [1.165, 1.54) is 37.3 Å². The summed E-state index contributed by atoms with van der Waals surface area (Å²) in [7, 11) is 0. The molecule has 0 aliphatic carbocycles. The molecule has 0 saturated carbocycles. The Hall–Kier alpha value is -2.31. The average Bonchev–Trinajstić information content (AvgIpc) is 2.55. The molecule has 0 bridgehead atoms. The van der Waals surface area contributed by atoms with Gasteiger partial charge >= 0.3 is 0 Å². The molecular weight excluding hydrogens is 358 g/mol. The van der Waals surface area contributed by atoms with Crippen LogP contribution >= 0.6 is 23.2 Å². The molecule has 2 N–H and O–H groups in total. The molecule has 1 unspecified atom stereocenters. The molecular formula is C16H13Cl2FN2O3. The van der Waals surface area contributed by atoms with Gasteiger partial charge in [-0.2, -0.15) is 0 Å². The molecule has 0 aliphatic rings. The zero-order valence-electron chi connectivity index (χ0n) is 12.5. The van der Waals surface area contributed by atoms with Crippen LogP contribution in [0, 0.1) is 5.82 Å². The normalized spacial score (nSPS) is 11.5. The van der Waals surface area contributed by atoms with Crippen molar-refractivity contribution in [2.24, 2.45) is 0 Å². The molecule has 2 rings (SSSR count). The third-order valence-corrected chi connectivity index (χ3v) is 3.52. The number of amides is 2. The predicted octanol–water partition coefficient (Wildman–Crippen LogP) is 3.36. The third-order valence-electron chi connectivity index (χ3n) is 2.98. The maximum atomic E-state index is 13.5. The van der Waals surface area contributed by atoms with Gasteiger partial charge < -0.3 is 4.74 Å². The van der Waals surface area contributed by atoms with Crippen LogP contribution in [-0.2, 0) is 4.79 Å². The van der Waals surface area contributed by atoms with E-state index in [0.717, 1.165) is 6.07 Å². The van der Waals surface area contributed by atoms with Crippen molar-refractivity contribution in [2.75, 3.05) is 0 Å². The first kappa shape index (κ1) is 18.0. The van der Waals surface area contributed by atoms with E-state index in [9.17, 15) is 14.0 Å². The summed E-state index contributed by atoms with van der Waals surface area (Å²) in [6.45, 7) is 1.47. The second-order valence-corrected chi connectivity index (χ2v) is 5.60. The van der Waals surface area contributed by atoms with Crippen molar-refractivity contribution in [3.63, 3.8) is 0 Å². The van der Waals surface area contributed by atoms with Crippen molar-refractivity contribution >= 4 is 35.0 Å². The third kappa shape index (κ3) is 4.59. The molecule has 2 amide bonds. The van der Waals surface area contributed by atoms with Crippen molar-refractivity contribution < 1.29 is 18.7 Å². The van der Waals surface area contributed by atoms with Crippen LogP contribution in [0.1, 0.15) is 17.3 Å². The van der Waals surface area contributed by atoms with E-state index in [1.54, 1.807) is 6.07 Å². The Morgan fingerprint density at radius 2 is 1.83 bits per heavy atom. The van der Waals surface area contributed by atoms with Gasteiger partial charge in [0.05, 0.1) is 10.6 Å². The van der Waals surface area contributed by atoms with Gasteiger partial charge in [0.2, 0.25) is 0 Å². The van der Waals surface area contributed by atoms with Crippen molar-refractivity contribution in [1.29, 1.82) is 0 Å². The highest BCUT2D eigenvalue weighted by Gasteiger charge is 2.18. The summed E-state index contributed by atoms with van der Waals surface area (Å²) >= 11 is 11.7. The van der Waals surface area contributed by atoms with Gasteiger partial charge in [0.15, 0.2) is 6.10 Å². The van der Waals surface area contributed by atoms with Crippen LogP contribution < -0.4 is 15.6 Å². The van der Waals surface area contributed by atoms with Crippen molar-refractivity contribution in [3.05, 3.63) is 63.9 Å². The van der Waals surface area contributed by atoms with Crippen LogP contribution in [0.4, 0.5) is 4.39 Å². The molecule has 24 heavy (non-hydrogen) atoms. The number of hydrogen-bond acceptors (Lipinski definition) is 3. The molecule has 0 aliphatic heterocycles. The van der Waals surface area contributed by atoms with Gasteiger partial charge in [-0.15, -0.1) is 0 Å². The van der Waals surface area contributed by atoms with Crippen LogP contribution in [0.3, 0.4) is 0 Å². The van der Waals surface area contributed by atoms with Gasteiger partial charge in [-0.05, 0) is 37.3 Å². The van der Waals surface area contributed by atoms with Crippen LogP contribution in [0.2, 0.25) is 10.0 Å². The van der Waals surface area contributed by atoms with E-state index in [0.29, 0.717) is 5.02 Å².